The van der Waals surface area contributed by atoms with Gasteiger partial charge in [0.15, 0.2) is 0 Å². The Bertz CT molecular complexity index is 460. The Hall–Kier alpha value is -1.65. The van der Waals surface area contributed by atoms with Crippen molar-refractivity contribution in [2.24, 2.45) is 0 Å². The molecule has 0 atom stereocenters. The number of pyridine rings is 1. The molecule has 1 aromatic rings. The minimum absolute atomic E-state index is 0.256. The van der Waals surface area contributed by atoms with Crippen LogP contribution in [0.25, 0.3) is 0 Å². The molecule has 0 N–H and O–H groups in total. The molecule has 1 aliphatic rings. The van der Waals surface area contributed by atoms with Crippen molar-refractivity contribution in [2.75, 3.05) is 13.1 Å². The highest BCUT2D eigenvalue weighted by atomic mass is 19.1. The fourth-order valence-corrected chi connectivity index (χ4v) is 2.35. The van der Waals surface area contributed by atoms with E-state index < -0.39 is 11.5 Å². The molecule has 1 fully saturated rings. The van der Waals surface area contributed by atoms with Gasteiger partial charge < -0.3 is 9.64 Å². The van der Waals surface area contributed by atoms with Gasteiger partial charge >= 0.3 is 6.09 Å². The summed E-state index contributed by atoms with van der Waals surface area (Å²) in [6, 6.07) is 3.16. The number of aromatic nitrogens is 1. The molecule has 1 aromatic heterocycles. The van der Waals surface area contributed by atoms with Gasteiger partial charge in [-0.25, -0.2) is 9.78 Å². The van der Waals surface area contributed by atoms with Crippen LogP contribution in [-0.2, 0) is 4.74 Å². The Balaban J connectivity index is 1.89. The Morgan fingerprint density at radius 3 is 2.50 bits per heavy atom. The molecule has 4 nitrogen and oxygen atoms in total. The highest BCUT2D eigenvalue weighted by Crippen LogP contribution is 2.28. The summed E-state index contributed by atoms with van der Waals surface area (Å²) in [7, 11) is 0. The van der Waals surface area contributed by atoms with Crippen LogP contribution in [0, 0.1) is 5.95 Å². The van der Waals surface area contributed by atoms with E-state index in [1.165, 1.54) is 6.07 Å². The van der Waals surface area contributed by atoms with Gasteiger partial charge in [-0.05, 0) is 51.2 Å². The van der Waals surface area contributed by atoms with Gasteiger partial charge in [-0.3, -0.25) is 0 Å². The smallest absolute Gasteiger partial charge is 0.410 e. The number of hydrogen-bond acceptors (Lipinski definition) is 3. The van der Waals surface area contributed by atoms with Crippen molar-refractivity contribution in [2.45, 2.75) is 45.1 Å². The zero-order valence-corrected chi connectivity index (χ0v) is 12.2. The van der Waals surface area contributed by atoms with Crippen LogP contribution in [0.2, 0.25) is 0 Å². The van der Waals surface area contributed by atoms with E-state index >= 15 is 0 Å². The Morgan fingerprint density at radius 1 is 1.35 bits per heavy atom. The summed E-state index contributed by atoms with van der Waals surface area (Å²) in [6.07, 6.45) is 3.04. The van der Waals surface area contributed by atoms with Crippen molar-refractivity contribution in [3.63, 3.8) is 0 Å². The molecule has 2 rings (SSSR count). The van der Waals surface area contributed by atoms with E-state index in [1.54, 1.807) is 17.2 Å². The van der Waals surface area contributed by atoms with E-state index in [2.05, 4.69) is 4.98 Å². The molecule has 0 spiro atoms. The minimum atomic E-state index is -0.463. The van der Waals surface area contributed by atoms with Crippen molar-refractivity contribution in [1.29, 1.82) is 0 Å². The van der Waals surface area contributed by atoms with Crippen LogP contribution in [0.3, 0.4) is 0 Å². The molecule has 0 unspecified atom stereocenters. The lowest BCUT2D eigenvalue weighted by molar-refractivity contribution is 0.0205. The standard InChI is InChI=1S/C15H21FN2O2/c1-15(2,3)20-14(19)18-8-6-11(7-9-18)12-4-5-13(16)17-10-12/h4-5,10-11H,6-9H2,1-3H3. The number of halogens is 1. The van der Waals surface area contributed by atoms with Crippen LogP contribution in [0.5, 0.6) is 0 Å². The summed E-state index contributed by atoms with van der Waals surface area (Å²) in [5, 5.41) is 0. The molecule has 0 radical (unpaired) electrons. The Kier molecular flexibility index (Phi) is 4.26. The number of hydrogen-bond donors (Lipinski definition) is 0. The summed E-state index contributed by atoms with van der Waals surface area (Å²) < 4.78 is 18.2. The number of carbonyl (C=O) groups excluding carboxylic acids is 1. The Labute approximate surface area is 118 Å². The van der Waals surface area contributed by atoms with Gasteiger partial charge in [0.1, 0.15) is 5.60 Å². The fraction of sp³-hybridized carbons (Fsp3) is 0.600. The number of carbonyl (C=O) groups is 1. The third-order valence-corrected chi connectivity index (χ3v) is 3.37. The van der Waals surface area contributed by atoms with Crippen molar-refractivity contribution in [1.82, 2.24) is 9.88 Å². The van der Waals surface area contributed by atoms with Gasteiger partial charge in [-0.1, -0.05) is 6.07 Å². The summed E-state index contributed by atoms with van der Waals surface area (Å²) in [5.41, 5.74) is 0.574. The summed E-state index contributed by atoms with van der Waals surface area (Å²) in [5.74, 6) is -0.123. The molecule has 2 heterocycles. The van der Waals surface area contributed by atoms with E-state index in [1.807, 2.05) is 20.8 Å². The maximum absolute atomic E-state index is 12.8. The highest BCUT2D eigenvalue weighted by molar-refractivity contribution is 5.68. The second-order valence-corrected chi connectivity index (χ2v) is 6.16. The number of piperidine rings is 1. The predicted octanol–water partition coefficient (Wildman–Crippen LogP) is 3.34. The van der Waals surface area contributed by atoms with Crippen molar-refractivity contribution in [3.05, 3.63) is 29.8 Å². The third-order valence-electron chi connectivity index (χ3n) is 3.37. The summed E-state index contributed by atoms with van der Waals surface area (Å²) in [6.45, 7) is 6.92. The molecule has 1 saturated heterocycles. The predicted molar refractivity (Wildman–Crippen MR) is 74.0 cm³/mol. The third kappa shape index (κ3) is 3.92. The van der Waals surface area contributed by atoms with Gasteiger partial charge in [0.25, 0.3) is 0 Å². The summed E-state index contributed by atoms with van der Waals surface area (Å²) in [4.78, 5) is 17.4. The molecule has 20 heavy (non-hydrogen) atoms. The Morgan fingerprint density at radius 2 is 2.00 bits per heavy atom. The number of ether oxygens (including phenoxy) is 1. The topological polar surface area (TPSA) is 42.4 Å². The number of rotatable bonds is 1. The largest absolute Gasteiger partial charge is 0.444 e. The molecular formula is C15H21FN2O2. The van der Waals surface area contributed by atoms with Gasteiger partial charge in [0.05, 0.1) is 0 Å². The molecule has 5 heteroatoms. The van der Waals surface area contributed by atoms with Crippen LogP contribution in [-0.4, -0.2) is 34.7 Å². The molecule has 0 aromatic carbocycles. The fourth-order valence-electron chi connectivity index (χ4n) is 2.35. The zero-order chi connectivity index (χ0) is 14.8. The van der Waals surface area contributed by atoms with E-state index in [0.29, 0.717) is 19.0 Å². The number of nitrogens with zero attached hydrogens (tertiary/aromatic N) is 2. The van der Waals surface area contributed by atoms with Gasteiger partial charge in [0, 0.05) is 19.3 Å². The maximum Gasteiger partial charge on any atom is 0.410 e. The molecule has 1 amide bonds. The monoisotopic (exact) mass is 280 g/mol. The van der Waals surface area contributed by atoms with Crippen LogP contribution < -0.4 is 0 Å². The lowest BCUT2D eigenvalue weighted by atomic mass is 9.91. The first kappa shape index (κ1) is 14.8. The second kappa shape index (κ2) is 5.77. The SMILES string of the molecule is CC(C)(C)OC(=O)N1CCC(c2ccc(F)nc2)CC1. The van der Waals surface area contributed by atoms with Crippen LogP contribution >= 0.6 is 0 Å². The van der Waals surface area contributed by atoms with Crippen LogP contribution in [0.1, 0.15) is 45.1 Å². The van der Waals surface area contributed by atoms with Crippen molar-refractivity contribution < 1.29 is 13.9 Å². The molecule has 0 aliphatic carbocycles. The average Bonchev–Trinajstić information content (AvgIpc) is 2.38. The van der Waals surface area contributed by atoms with Gasteiger partial charge in [-0.2, -0.15) is 4.39 Å². The summed E-state index contributed by atoms with van der Waals surface area (Å²) >= 11 is 0. The second-order valence-electron chi connectivity index (χ2n) is 6.16. The number of likely N-dealkylation sites (tertiary alicyclic amines) is 1. The van der Waals surface area contributed by atoms with Crippen LogP contribution in [0.4, 0.5) is 9.18 Å². The lowest BCUT2D eigenvalue weighted by Gasteiger charge is -2.33. The van der Waals surface area contributed by atoms with E-state index in [-0.39, 0.29) is 6.09 Å². The van der Waals surface area contributed by atoms with E-state index in [4.69, 9.17) is 4.74 Å². The minimum Gasteiger partial charge on any atom is -0.444 e. The van der Waals surface area contributed by atoms with Crippen molar-refractivity contribution >= 4 is 6.09 Å². The molecule has 1 aliphatic heterocycles. The zero-order valence-electron chi connectivity index (χ0n) is 12.2. The first-order chi connectivity index (χ1) is 9.35. The number of amides is 1. The molecule has 0 saturated carbocycles. The maximum atomic E-state index is 12.8. The lowest BCUT2D eigenvalue weighted by Crippen LogP contribution is -2.41. The van der Waals surface area contributed by atoms with Crippen LogP contribution in [0.15, 0.2) is 18.3 Å². The molecular weight excluding hydrogens is 259 g/mol. The normalized spacial score (nSPS) is 17.1. The van der Waals surface area contributed by atoms with Crippen molar-refractivity contribution in [3.8, 4) is 0 Å². The first-order valence-corrected chi connectivity index (χ1v) is 6.94. The van der Waals surface area contributed by atoms with E-state index in [0.717, 1.165) is 18.4 Å². The van der Waals surface area contributed by atoms with Gasteiger partial charge in [-0.15, -0.1) is 0 Å². The highest BCUT2D eigenvalue weighted by Gasteiger charge is 2.27. The van der Waals surface area contributed by atoms with Gasteiger partial charge in [0.2, 0.25) is 5.95 Å². The first-order valence-electron chi connectivity index (χ1n) is 6.94. The quantitative estimate of drug-likeness (QED) is 0.741. The van der Waals surface area contributed by atoms with E-state index in [9.17, 15) is 9.18 Å². The average molecular weight is 280 g/mol. The molecule has 110 valence electrons. The molecule has 0 bridgehead atoms.